The molecule has 0 heterocycles. The van der Waals surface area contributed by atoms with Gasteiger partial charge in [0.05, 0.1) is 0 Å². The van der Waals surface area contributed by atoms with Crippen molar-refractivity contribution in [2.75, 3.05) is 0 Å². The van der Waals surface area contributed by atoms with Crippen molar-refractivity contribution >= 4 is 16.3 Å². The summed E-state index contributed by atoms with van der Waals surface area (Å²) in [5.41, 5.74) is 9.24. The van der Waals surface area contributed by atoms with Crippen LogP contribution in [-0.2, 0) is 21.2 Å². The van der Waals surface area contributed by atoms with Gasteiger partial charge in [-0.1, -0.05) is 60.7 Å². The molecule has 0 amide bonds. The molecule has 3 heteroatoms. The molecule has 0 saturated heterocycles. The quantitative estimate of drug-likeness (QED) is 0.186. The molecule has 5 aliphatic carbocycles. The summed E-state index contributed by atoms with van der Waals surface area (Å²) in [4.78, 5) is 0. The molecule has 0 aliphatic heterocycles. The van der Waals surface area contributed by atoms with E-state index in [2.05, 4.69) is 158 Å². The molecule has 5 aliphatic rings. The normalized spacial score (nSPS) is 30.1. The summed E-state index contributed by atoms with van der Waals surface area (Å²) in [6.07, 6.45) is 8.50. The molecule has 0 radical (unpaired) electrons. The summed E-state index contributed by atoms with van der Waals surface area (Å²) in [5, 5.41) is 3.30. The van der Waals surface area contributed by atoms with Crippen LogP contribution in [0.1, 0.15) is 87.0 Å². The van der Waals surface area contributed by atoms with Crippen LogP contribution in [0.4, 0.5) is 0 Å². The van der Waals surface area contributed by atoms with Gasteiger partial charge in [-0.25, -0.2) is 0 Å². The molecule has 0 aromatic heterocycles. The van der Waals surface area contributed by atoms with Gasteiger partial charge in [0, 0.05) is 0 Å². The first-order chi connectivity index (χ1) is 23.4. The van der Waals surface area contributed by atoms with E-state index in [0.29, 0.717) is 27.7 Å². The van der Waals surface area contributed by atoms with Gasteiger partial charge in [-0.2, -0.15) is 0 Å². The van der Waals surface area contributed by atoms with Crippen LogP contribution in [0.15, 0.2) is 141 Å². The first kappa shape index (κ1) is 34.9. The average molecular weight is 742 g/mol. The van der Waals surface area contributed by atoms with Crippen LogP contribution in [0.25, 0.3) is 11.1 Å². The molecule has 9 rings (SSSR count). The summed E-state index contributed by atoms with van der Waals surface area (Å²) in [7, 11) is 0. The summed E-state index contributed by atoms with van der Waals surface area (Å²) in [6, 6.07) is 44.2. The Kier molecular flexibility index (Phi) is 9.62. The Bertz CT molecular complexity index is 1700. The number of benzene rings is 4. The molecule has 4 aromatic carbocycles. The largest absolute Gasteiger partial charge is 0.0622 e. The van der Waals surface area contributed by atoms with E-state index in [0.717, 1.165) is 0 Å². The molecule has 4 aromatic rings. The van der Waals surface area contributed by atoms with Crippen molar-refractivity contribution in [3.8, 4) is 11.1 Å². The number of hydrogen-bond donors (Lipinski definition) is 1. The summed E-state index contributed by atoms with van der Waals surface area (Å²) in [6.45, 7) is 17.7. The van der Waals surface area contributed by atoms with Gasteiger partial charge in [0.25, 0.3) is 0 Å². The topological polar surface area (TPSA) is 12.0 Å². The van der Waals surface area contributed by atoms with E-state index in [1.807, 2.05) is 15.4 Å². The van der Waals surface area contributed by atoms with Crippen LogP contribution < -0.4 is 13.6 Å². The van der Waals surface area contributed by atoms with E-state index in [4.69, 9.17) is 3.26 Å². The molecule has 4 saturated carbocycles. The van der Waals surface area contributed by atoms with Gasteiger partial charge in [0.15, 0.2) is 0 Å². The SMILES string of the molecule is CC1=C(C)C(C)[C]([Zr]([NH]C23CC4(C)CC(C)(CC(C)(C4)C2)C3)[SiH](c2ccccc2)c2ccccc2)=C1C.c1ccc(-c2ccccc2)cc1. The third-order valence-electron chi connectivity index (χ3n) is 12.6. The summed E-state index contributed by atoms with van der Waals surface area (Å²) < 4.78 is 6.74. The van der Waals surface area contributed by atoms with Crippen molar-refractivity contribution in [1.82, 2.24) is 3.26 Å². The summed E-state index contributed by atoms with van der Waals surface area (Å²) >= 11 is -2.40. The Labute approximate surface area is 306 Å². The first-order valence-electron chi connectivity index (χ1n) is 18.7. The van der Waals surface area contributed by atoms with E-state index in [1.165, 1.54) is 49.7 Å². The van der Waals surface area contributed by atoms with Gasteiger partial charge in [-0.15, -0.1) is 0 Å². The van der Waals surface area contributed by atoms with E-state index >= 15 is 0 Å². The Morgan fingerprint density at radius 3 is 1.24 bits per heavy atom. The Hall–Kier alpha value is -2.58. The molecule has 49 heavy (non-hydrogen) atoms. The third-order valence-corrected chi connectivity index (χ3v) is 32.5. The summed E-state index contributed by atoms with van der Waals surface area (Å²) in [5.74, 6) is -0.850. The number of nitrogens with one attached hydrogen (secondary N) is 1. The van der Waals surface area contributed by atoms with Crippen molar-refractivity contribution in [1.29, 1.82) is 0 Å². The van der Waals surface area contributed by atoms with Gasteiger partial charge in [0.2, 0.25) is 0 Å². The van der Waals surface area contributed by atoms with E-state index in [-0.39, 0.29) is 0 Å². The van der Waals surface area contributed by atoms with Crippen LogP contribution in [0.5, 0.6) is 0 Å². The second-order valence-corrected chi connectivity index (χ2v) is 31.2. The van der Waals surface area contributed by atoms with Crippen LogP contribution >= 0.6 is 0 Å². The molecule has 1 N–H and O–H groups in total. The van der Waals surface area contributed by atoms with E-state index in [9.17, 15) is 0 Å². The van der Waals surface area contributed by atoms with Crippen LogP contribution in [0, 0.1) is 22.2 Å². The van der Waals surface area contributed by atoms with Gasteiger partial charge in [-0.05, 0) is 11.1 Å². The monoisotopic (exact) mass is 740 g/mol. The predicted octanol–water partition coefficient (Wildman–Crippen LogP) is 10.4. The van der Waals surface area contributed by atoms with Crippen LogP contribution in [-0.4, -0.2) is 11.5 Å². The van der Waals surface area contributed by atoms with Crippen molar-refractivity contribution in [2.24, 2.45) is 22.2 Å². The minimum atomic E-state index is -2.40. The zero-order valence-electron chi connectivity index (χ0n) is 30.9. The standard InChI is InChI=1S/C13H22N.C12H11Si.C12H10.C9H13.Zr/c1-10-4-11(2)6-12(3,5-10)9-13(14,7-10)8-11;1-3-7-11(8-4-1)13-12-9-5-2-6-10-12;1-3-7-11(8-4-1)12-9-5-2-6-10-12;1-6-5-7(2)9(4)8(6)3;/h14H,4-9H2,1-3H3;1-10,13H;1-10H;6H,1-4H3;/q-1;;;;+1. The Balaban J connectivity index is 0.000000265. The molecule has 253 valence electrons. The number of allylic oxidation sites excluding steroid dienone is 4. The molecule has 1 atom stereocenters. The number of hydrogen-bond acceptors (Lipinski definition) is 1. The van der Waals surface area contributed by atoms with Crippen molar-refractivity contribution in [3.05, 3.63) is 141 Å². The second kappa shape index (κ2) is 13.5. The molecule has 1 nitrogen and oxygen atoms in total. The molecule has 1 unspecified atom stereocenters. The van der Waals surface area contributed by atoms with Crippen molar-refractivity contribution < 1.29 is 21.2 Å². The fourth-order valence-corrected chi connectivity index (χ4v) is 35.8. The Morgan fingerprint density at radius 2 is 0.898 bits per heavy atom. The Morgan fingerprint density at radius 1 is 0.531 bits per heavy atom. The molecule has 4 bridgehead atoms. The maximum absolute atomic E-state index is 4.85. The van der Waals surface area contributed by atoms with Gasteiger partial charge in [0.1, 0.15) is 0 Å². The van der Waals surface area contributed by atoms with Crippen molar-refractivity contribution in [3.63, 3.8) is 0 Å². The van der Waals surface area contributed by atoms with E-state index in [1.54, 1.807) is 27.1 Å². The van der Waals surface area contributed by atoms with Gasteiger partial charge < -0.3 is 0 Å². The maximum atomic E-state index is 4.85. The predicted molar refractivity (Wildman–Crippen MR) is 209 cm³/mol. The third kappa shape index (κ3) is 7.02. The fourth-order valence-electron chi connectivity index (χ4n) is 11.9. The van der Waals surface area contributed by atoms with Gasteiger partial charge in [-0.3, -0.25) is 0 Å². The van der Waals surface area contributed by atoms with Gasteiger partial charge >= 0.3 is 236 Å². The minimum Gasteiger partial charge on any atom is -0.0622 e. The minimum absolute atomic E-state index is 0.327. The maximum Gasteiger partial charge on any atom is -0.0184 e. The number of rotatable bonds is 7. The first-order valence-corrected chi connectivity index (χ1v) is 27.1. The zero-order valence-corrected chi connectivity index (χ0v) is 34.6. The molecule has 0 spiro atoms. The van der Waals surface area contributed by atoms with Crippen LogP contribution in [0.2, 0.25) is 0 Å². The zero-order chi connectivity index (χ0) is 34.4. The van der Waals surface area contributed by atoms with E-state index < -0.39 is 27.1 Å². The molecular formula is C46H56NSiZr. The van der Waals surface area contributed by atoms with Crippen LogP contribution in [0.3, 0.4) is 0 Å². The fraction of sp³-hybridized carbons (Fsp3) is 0.391. The average Bonchev–Trinajstić information content (AvgIpc) is 3.26. The van der Waals surface area contributed by atoms with Crippen molar-refractivity contribution in [2.45, 2.75) is 92.5 Å². The second-order valence-electron chi connectivity index (χ2n) is 17.4. The molecule has 4 fully saturated rings. The molecular weight excluding hydrogens is 686 g/mol. The smallest absolute Gasteiger partial charge is 0.0184 e.